The van der Waals surface area contributed by atoms with Crippen LogP contribution in [-0.4, -0.2) is 65.1 Å². The average molecular weight is 381 g/mol. The van der Waals surface area contributed by atoms with E-state index in [4.69, 9.17) is 4.42 Å². The SMILES string of the molecule is O=C1CC(C(=O)N2CCN(C(=O)c3ccco3)CC2)CN1Cc1ccccc1. The molecular weight excluding hydrogens is 358 g/mol. The van der Waals surface area contributed by atoms with Crippen LogP contribution in [0.1, 0.15) is 22.5 Å². The summed E-state index contributed by atoms with van der Waals surface area (Å²) in [6.07, 6.45) is 1.74. The third kappa shape index (κ3) is 3.78. The molecule has 0 N–H and O–H groups in total. The molecule has 0 saturated carbocycles. The maximum absolute atomic E-state index is 12.9. The second-order valence-corrected chi connectivity index (χ2v) is 7.26. The van der Waals surface area contributed by atoms with Crippen molar-refractivity contribution in [2.75, 3.05) is 32.7 Å². The molecular formula is C21H23N3O4. The van der Waals surface area contributed by atoms with Gasteiger partial charge in [0.05, 0.1) is 12.2 Å². The van der Waals surface area contributed by atoms with Gasteiger partial charge in [0.1, 0.15) is 0 Å². The first kappa shape index (κ1) is 18.3. The lowest BCUT2D eigenvalue weighted by atomic mass is 10.1. The zero-order valence-corrected chi connectivity index (χ0v) is 15.6. The van der Waals surface area contributed by atoms with Crippen LogP contribution in [0.15, 0.2) is 53.1 Å². The number of carbonyl (C=O) groups is 3. The molecule has 0 spiro atoms. The Morgan fingerprint density at radius 2 is 1.68 bits per heavy atom. The van der Waals surface area contributed by atoms with E-state index in [-0.39, 0.29) is 30.1 Å². The van der Waals surface area contributed by atoms with Crippen LogP contribution in [0.3, 0.4) is 0 Å². The van der Waals surface area contributed by atoms with Crippen molar-refractivity contribution in [1.82, 2.24) is 14.7 Å². The lowest BCUT2D eigenvalue weighted by Crippen LogP contribution is -2.52. The largest absolute Gasteiger partial charge is 0.459 e. The second kappa shape index (κ2) is 7.88. The van der Waals surface area contributed by atoms with Crippen molar-refractivity contribution in [1.29, 1.82) is 0 Å². The van der Waals surface area contributed by atoms with Gasteiger partial charge in [0.2, 0.25) is 11.8 Å². The number of piperazine rings is 1. The molecule has 1 aromatic carbocycles. The van der Waals surface area contributed by atoms with Gasteiger partial charge in [-0.3, -0.25) is 14.4 Å². The predicted octanol–water partition coefficient (Wildman–Crippen LogP) is 1.61. The van der Waals surface area contributed by atoms with E-state index in [0.29, 0.717) is 45.0 Å². The molecule has 3 heterocycles. The second-order valence-electron chi connectivity index (χ2n) is 7.26. The van der Waals surface area contributed by atoms with Crippen LogP contribution in [0.2, 0.25) is 0 Å². The van der Waals surface area contributed by atoms with E-state index < -0.39 is 0 Å². The summed E-state index contributed by atoms with van der Waals surface area (Å²) >= 11 is 0. The van der Waals surface area contributed by atoms with Crippen molar-refractivity contribution in [2.45, 2.75) is 13.0 Å². The molecule has 146 valence electrons. The van der Waals surface area contributed by atoms with E-state index in [9.17, 15) is 14.4 Å². The van der Waals surface area contributed by atoms with Crippen molar-refractivity contribution in [2.24, 2.45) is 5.92 Å². The smallest absolute Gasteiger partial charge is 0.289 e. The molecule has 3 amide bonds. The Morgan fingerprint density at radius 3 is 2.36 bits per heavy atom. The summed E-state index contributed by atoms with van der Waals surface area (Å²) < 4.78 is 5.16. The van der Waals surface area contributed by atoms with E-state index in [1.54, 1.807) is 26.8 Å². The summed E-state index contributed by atoms with van der Waals surface area (Å²) in [6, 6.07) is 13.1. The third-order valence-corrected chi connectivity index (χ3v) is 5.39. The van der Waals surface area contributed by atoms with Crippen molar-refractivity contribution in [3.63, 3.8) is 0 Å². The molecule has 1 aromatic heterocycles. The zero-order chi connectivity index (χ0) is 19.5. The van der Waals surface area contributed by atoms with Gasteiger partial charge >= 0.3 is 0 Å². The number of carbonyl (C=O) groups excluding carboxylic acids is 3. The summed E-state index contributed by atoms with van der Waals surface area (Å²) in [6.45, 7) is 2.90. The molecule has 4 rings (SSSR count). The highest BCUT2D eigenvalue weighted by Gasteiger charge is 2.37. The normalized spacial score (nSPS) is 19.9. The maximum Gasteiger partial charge on any atom is 0.289 e. The molecule has 1 unspecified atom stereocenters. The molecule has 28 heavy (non-hydrogen) atoms. The summed E-state index contributed by atoms with van der Waals surface area (Å²) in [5.41, 5.74) is 1.06. The van der Waals surface area contributed by atoms with Crippen molar-refractivity contribution in [3.05, 3.63) is 60.1 Å². The van der Waals surface area contributed by atoms with Crippen LogP contribution in [0.25, 0.3) is 0 Å². The molecule has 0 aliphatic carbocycles. The predicted molar refractivity (Wildman–Crippen MR) is 101 cm³/mol. The first-order valence-electron chi connectivity index (χ1n) is 9.55. The third-order valence-electron chi connectivity index (χ3n) is 5.39. The molecule has 0 bridgehead atoms. The minimum absolute atomic E-state index is 0.00834. The highest BCUT2D eigenvalue weighted by atomic mass is 16.3. The van der Waals surface area contributed by atoms with Crippen molar-refractivity contribution in [3.8, 4) is 0 Å². The van der Waals surface area contributed by atoms with Gasteiger partial charge < -0.3 is 19.1 Å². The summed E-state index contributed by atoms with van der Waals surface area (Å²) in [5, 5.41) is 0. The fourth-order valence-electron chi connectivity index (χ4n) is 3.84. The summed E-state index contributed by atoms with van der Waals surface area (Å²) in [7, 11) is 0. The van der Waals surface area contributed by atoms with Crippen LogP contribution in [0.4, 0.5) is 0 Å². The highest BCUT2D eigenvalue weighted by Crippen LogP contribution is 2.23. The molecule has 0 radical (unpaired) electrons. The van der Waals surface area contributed by atoms with E-state index in [2.05, 4.69) is 0 Å². The quantitative estimate of drug-likeness (QED) is 0.807. The van der Waals surface area contributed by atoms with Crippen LogP contribution >= 0.6 is 0 Å². The Hall–Kier alpha value is -3.09. The highest BCUT2D eigenvalue weighted by molar-refractivity contribution is 5.92. The van der Waals surface area contributed by atoms with E-state index in [0.717, 1.165) is 5.56 Å². The molecule has 1 atom stereocenters. The average Bonchev–Trinajstić information content (AvgIpc) is 3.38. The van der Waals surface area contributed by atoms with Crippen LogP contribution in [0, 0.1) is 5.92 Å². The fraction of sp³-hybridized carbons (Fsp3) is 0.381. The Morgan fingerprint density at radius 1 is 0.964 bits per heavy atom. The van der Waals surface area contributed by atoms with Crippen LogP contribution in [0.5, 0.6) is 0 Å². The molecule has 7 heteroatoms. The molecule has 2 fully saturated rings. The lowest BCUT2D eigenvalue weighted by Gasteiger charge is -2.35. The van der Waals surface area contributed by atoms with Gasteiger partial charge in [-0.2, -0.15) is 0 Å². The number of hydrogen-bond donors (Lipinski definition) is 0. The van der Waals surface area contributed by atoms with E-state index >= 15 is 0 Å². The van der Waals surface area contributed by atoms with E-state index in [1.165, 1.54) is 6.26 Å². The zero-order valence-electron chi connectivity index (χ0n) is 15.6. The minimum Gasteiger partial charge on any atom is -0.459 e. The summed E-state index contributed by atoms with van der Waals surface area (Å²) in [4.78, 5) is 42.8. The fourth-order valence-corrected chi connectivity index (χ4v) is 3.84. The molecule has 2 aliphatic heterocycles. The first-order valence-corrected chi connectivity index (χ1v) is 9.55. The molecule has 7 nitrogen and oxygen atoms in total. The number of hydrogen-bond acceptors (Lipinski definition) is 4. The Balaban J connectivity index is 1.31. The molecule has 2 saturated heterocycles. The number of furan rings is 1. The lowest BCUT2D eigenvalue weighted by molar-refractivity contribution is -0.137. The van der Waals surface area contributed by atoms with Gasteiger partial charge in [0, 0.05) is 45.7 Å². The Bertz CT molecular complexity index is 842. The molecule has 2 aliphatic rings. The van der Waals surface area contributed by atoms with E-state index in [1.807, 2.05) is 30.3 Å². The number of amides is 3. The van der Waals surface area contributed by atoms with Gasteiger partial charge in [0.25, 0.3) is 5.91 Å². The van der Waals surface area contributed by atoms with Crippen LogP contribution < -0.4 is 0 Å². The minimum atomic E-state index is -0.302. The van der Waals surface area contributed by atoms with Crippen LogP contribution in [-0.2, 0) is 16.1 Å². The van der Waals surface area contributed by atoms with Gasteiger partial charge in [-0.1, -0.05) is 30.3 Å². The van der Waals surface area contributed by atoms with Gasteiger partial charge in [0.15, 0.2) is 5.76 Å². The molecule has 2 aromatic rings. The Labute approximate surface area is 163 Å². The monoisotopic (exact) mass is 381 g/mol. The van der Waals surface area contributed by atoms with Gasteiger partial charge in [-0.05, 0) is 17.7 Å². The summed E-state index contributed by atoms with van der Waals surface area (Å²) in [5.74, 6) is -0.105. The number of rotatable bonds is 4. The van der Waals surface area contributed by atoms with Gasteiger partial charge in [-0.25, -0.2) is 0 Å². The standard InChI is InChI=1S/C21H23N3O4/c25-19-13-17(15-24(19)14-16-5-2-1-3-6-16)20(26)22-8-10-23(11-9-22)21(27)18-7-4-12-28-18/h1-7,12,17H,8-11,13-15H2. The van der Waals surface area contributed by atoms with Crippen molar-refractivity contribution >= 4 is 17.7 Å². The number of benzene rings is 1. The van der Waals surface area contributed by atoms with Gasteiger partial charge in [-0.15, -0.1) is 0 Å². The number of likely N-dealkylation sites (tertiary alicyclic amines) is 1. The first-order chi connectivity index (χ1) is 13.6. The Kier molecular flexibility index (Phi) is 5.14. The number of nitrogens with zero attached hydrogens (tertiary/aromatic N) is 3. The maximum atomic E-state index is 12.9. The van der Waals surface area contributed by atoms with Crippen molar-refractivity contribution < 1.29 is 18.8 Å². The topological polar surface area (TPSA) is 74.1 Å².